The minimum atomic E-state index is -1.19. The molecule has 19 heavy (non-hydrogen) atoms. The number of hydrogen-bond acceptors (Lipinski definition) is 0. The topological polar surface area (TPSA) is 0 Å². The zero-order chi connectivity index (χ0) is 13.3. The maximum Gasteiger partial charge on any atom is 0.235 e. The molecule has 3 rings (SSSR count). The molecule has 98 valence electrons. The van der Waals surface area contributed by atoms with Gasteiger partial charge in [-0.3, -0.25) is 0 Å². The molecule has 0 N–H and O–H groups in total. The van der Waals surface area contributed by atoms with Gasteiger partial charge in [0.15, 0.2) is 0 Å². The van der Waals surface area contributed by atoms with Crippen molar-refractivity contribution in [1.29, 1.82) is 0 Å². The van der Waals surface area contributed by atoms with E-state index < -0.39 is 14.6 Å². The van der Waals surface area contributed by atoms with Crippen molar-refractivity contribution in [3.05, 3.63) is 60.7 Å². The monoisotopic (exact) mass is 285 g/mol. The van der Waals surface area contributed by atoms with Crippen molar-refractivity contribution < 1.29 is 0 Å². The quantitative estimate of drug-likeness (QED) is 0.571. The van der Waals surface area contributed by atoms with E-state index in [2.05, 4.69) is 73.8 Å². The summed E-state index contributed by atoms with van der Waals surface area (Å²) in [6.45, 7) is 4.12. The molecule has 0 bridgehead atoms. The molecular formula is C17H22PSi+. The van der Waals surface area contributed by atoms with E-state index in [1.807, 2.05) is 0 Å². The minimum Gasteiger partial charge on any atom is -0.0620 e. The smallest absolute Gasteiger partial charge is 0.0620 e. The summed E-state index contributed by atoms with van der Waals surface area (Å²) in [5, 5.41) is 3.30. The Hall–Kier alpha value is -0.913. The molecule has 1 fully saturated rings. The summed E-state index contributed by atoms with van der Waals surface area (Å²) >= 11 is 0. The van der Waals surface area contributed by atoms with Crippen molar-refractivity contribution in [3.63, 3.8) is 0 Å². The molecule has 2 heteroatoms. The molecule has 0 aliphatic carbocycles. The lowest BCUT2D eigenvalue weighted by Gasteiger charge is -2.33. The van der Waals surface area contributed by atoms with Gasteiger partial charge in [0.2, 0.25) is 7.74 Å². The first-order valence-corrected chi connectivity index (χ1v) is 13.2. The second-order valence-electron chi connectivity index (χ2n) is 6.12. The molecule has 1 saturated heterocycles. The zero-order valence-electron chi connectivity index (χ0n) is 11.8. The molecule has 0 aromatic heterocycles. The molecule has 0 radical (unpaired) electrons. The Kier molecular flexibility index (Phi) is 3.36. The van der Waals surface area contributed by atoms with Gasteiger partial charge in [-0.15, -0.1) is 0 Å². The molecule has 1 aliphatic heterocycles. The van der Waals surface area contributed by atoms with Crippen LogP contribution in [0.1, 0.15) is 6.42 Å². The number of benzene rings is 2. The van der Waals surface area contributed by atoms with Crippen LogP contribution in [0.3, 0.4) is 0 Å². The predicted molar refractivity (Wildman–Crippen MR) is 90.8 cm³/mol. The van der Waals surface area contributed by atoms with Gasteiger partial charge in [-0.05, 0) is 49.8 Å². The van der Waals surface area contributed by atoms with Crippen molar-refractivity contribution in [2.45, 2.75) is 25.6 Å². The van der Waals surface area contributed by atoms with Crippen molar-refractivity contribution in [3.8, 4) is 0 Å². The zero-order valence-corrected chi connectivity index (χ0v) is 13.7. The molecule has 0 amide bonds. The lowest BCUT2D eigenvalue weighted by atomic mass is 10.4. The Morgan fingerprint density at radius 1 is 0.789 bits per heavy atom. The van der Waals surface area contributed by atoms with Gasteiger partial charge in [-0.25, -0.2) is 0 Å². The highest BCUT2D eigenvalue weighted by molar-refractivity contribution is 8.18. The molecule has 0 saturated carbocycles. The summed E-state index contributed by atoms with van der Waals surface area (Å²) in [5.41, 5.74) is 0. The summed E-state index contributed by atoms with van der Waals surface area (Å²) in [5.74, 6) is 0. The normalized spacial score (nSPS) is 20.3. The highest BCUT2D eigenvalue weighted by atomic mass is 31.4. The fraction of sp³-hybridized carbons (Fsp3) is 0.294. The molecule has 0 spiro atoms. The Balaban J connectivity index is 2.23. The third kappa shape index (κ3) is 2.00. The number of rotatable bonds is 2. The first kappa shape index (κ1) is 13.1. The highest BCUT2D eigenvalue weighted by Crippen LogP contribution is 2.70. The first-order valence-electron chi connectivity index (χ1n) is 7.16. The van der Waals surface area contributed by atoms with Gasteiger partial charge >= 0.3 is 0 Å². The molecular weight excluding hydrogens is 263 g/mol. The van der Waals surface area contributed by atoms with Crippen molar-refractivity contribution in [1.82, 2.24) is 0 Å². The van der Waals surface area contributed by atoms with Crippen LogP contribution in [-0.2, 0) is 0 Å². The Bertz CT molecular complexity index is 508. The molecule has 2 aromatic carbocycles. The van der Waals surface area contributed by atoms with E-state index in [1.54, 1.807) is 10.6 Å². The maximum absolute atomic E-state index is 2.62. The van der Waals surface area contributed by atoms with Crippen LogP contribution in [0.15, 0.2) is 60.7 Å². The second kappa shape index (κ2) is 4.88. The standard InChI is InChI=1S/C17H22PSi/c1-19(2)15-9-14-18(19,16-10-5-3-6-11-16)17-12-7-4-8-13-17/h3-8,10-13H,9,14-15H2,1-2H3/q+1. The van der Waals surface area contributed by atoms with Gasteiger partial charge in [-0.1, -0.05) is 36.4 Å². The van der Waals surface area contributed by atoms with Crippen LogP contribution in [0, 0.1) is 0 Å². The van der Waals surface area contributed by atoms with Crippen molar-refractivity contribution in [2.75, 3.05) is 6.16 Å². The molecule has 0 atom stereocenters. The van der Waals surface area contributed by atoms with E-state index in [-0.39, 0.29) is 0 Å². The third-order valence-corrected chi connectivity index (χ3v) is 20.8. The van der Waals surface area contributed by atoms with E-state index in [0.717, 1.165) is 0 Å². The van der Waals surface area contributed by atoms with Crippen LogP contribution < -0.4 is 10.6 Å². The van der Waals surface area contributed by atoms with Gasteiger partial charge in [0.1, 0.15) is 0 Å². The lowest BCUT2D eigenvalue weighted by molar-refractivity contribution is 1.10. The van der Waals surface area contributed by atoms with Gasteiger partial charge in [-0.2, -0.15) is 0 Å². The summed E-state index contributed by atoms with van der Waals surface area (Å²) in [4.78, 5) is 0. The maximum atomic E-state index is 2.62. The minimum absolute atomic E-state index is 1.12. The van der Waals surface area contributed by atoms with Crippen LogP contribution in [-0.4, -0.2) is 13.9 Å². The number of hydrogen-bond donors (Lipinski definition) is 0. The fourth-order valence-corrected chi connectivity index (χ4v) is 19.2. The van der Waals surface area contributed by atoms with E-state index in [1.165, 1.54) is 18.6 Å². The highest BCUT2D eigenvalue weighted by Gasteiger charge is 2.60. The Morgan fingerprint density at radius 2 is 1.26 bits per heavy atom. The Labute approximate surface area is 118 Å². The third-order valence-electron chi connectivity index (χ3n) is 4.71. The summed E-state index contributed by atoms with van der Waals surface area (Å²) in [6.07, 6.45) is 2.86. The Morgan fingerprint density at radius 3 is 1.63 bits per heavy atom. The van der Waals surface area contributed by atoms with Crippen LogP contribution in [0.25, 0.3) is 0 Å². The van der Waals surface area contributed by atoms with E-state index in [9.17, 15) is 0 Å². The van der Waals surface area contributed by atoms with Gasteiger partial charge < -0.3 is 0 Å². The summed E-state index contributed by atoms with van der Waals surface area (Å²) in [6, 6.07) is 24.2. The van der Waals surface area contributed by atoms with Crippen LogP contribution in [0.4, 0.5) is 0 Å². The summed E-state index contributed by atoms with van der Waals surface area (Å²) in [7, 11) is -1.19. The lowest BCUT2D eigenvalue weighted by Crippen LogP contribution is -2.38. The van der Waals surface area contributed by atoms with E-state index in [4.69, 9.17) is 0 Å². The van der Waals surface area contributed by atoms with Crippen LogP contribution in [0.5, 0.6) is 0 Å². The predicted octanol–water partition coefficient (Wildman–Crippen LogP) is 4.26. The molecule has 0 unspecified atom stereocenters. The molecule has 2 aromatic rings. The molecule has 1 heterocycles. The summed E-state index contributed by atoms with van der Waals surface area (Å²) < 4.78 is 0. The van der Waals surface area contributed by atoms with Crippen molar-refractivity contribution >= 4 is 25.2 Å². The molecule has 0 nitrogen and oxygen atoms in total. The second-order valence-corrected chi connectivity index (χ2v) is 19.3. The average Bonchev–Trinajstić information content (AvgIpc) is 2.77. The average molecular weight is 285 g/mol. The van der Waals surface area contributed by atoms with Gasteiger partial charge in [0, 0.05) is 6.81 Å². The first-order chi connectivity index (χ1) is 9.17. The largest absolute Gasteiger partial charge is 0.235 e. The van der Waals surface area contributed by atoms with Gasteiger partial charge in [0.05, 0.1) is 16.8 Å². The van der Waals surface area contributed by atoms with E-state index >= 15 is 0 Å². The molecule has 1 aliphatic rings. The van der Waals surface area contributed by atoms with Crippen LogP contribution >= 0.6 is 6.81 Å². The van der Waals surface area contributed by atoms with Crippen LogP contribution in [0.2, 0.25) is 19.1 Å². The van der Waals surface area contributed by atoms with Gasteiger partial charge in [0.25, 0.3) is 0 Å². The SMILES string of the molecule is C[Si]1(C)CCC[P+]1(c1ccccc1)c1ccccc1. The fourth-order valence-electron chi connectivity index (χ4n) is 3.71. The van der Waals surface area contributed by atoms with Crippen molar-refractivity contribution in [2.24, 2.45) is 0 Å². The van der Waals surface area contributed by atoms with E-state index in [0.29, 0.717) is 0 Å².